The number of aromatic nitrogens is 1. The predicted molar refractivity (Wildman–Crippen MR) is 128 cm³/mol. The van der Waals surface area contributed by atoms with E-state index in [1.54, 1.807) is 0 Å². The summed E-state index contributed by atoms with van der Waals surface area (Å²) in [5, 5.41) is 7.66. The van der Waals surface area contributed by atoms with Crippen molar-refractivity contribution < 1.29 is 9.53 Å². The third kappa shape index (κ3) is 2.79. The van der Waals surface area contributed by atoms with Crippen LogP contribution in [0.15, 0.2) is 53.4 Å². The molecule has 0 bridgehead atoms. The molecule has 3 aliphatic rings. The molecule has 0 radical (unpaired) electrons. The summed E-state index contributed by atoms with van der Waals surface area (Å²) in [6.07, 6.45) is 10.4. The molecule has 0 amide bonds. The molecule has 3 heterocycles. The molecule has 6 heteroatoms. The average molecular weight is 427 g/mol. The number of esters is 1. The SMILES string of the molecule is COC(=O)c1ccc2c(c1)-c1cc3c(C4CCCCC4)cccc3n1C=C1N(C)N=CN12. The van der Waals surface area contributed by atoms with Gasteiger partial charge in [-0.05, 0) is 54.7 Å². The van der Waals surface area contributed by atoms with Crippen LogP contribution in [0.1, 0.15) is 53.9 Å². The normalized spacial score (nSPS) is 17.6. The number of hydrogen-bond donors (Lipinski definition) is 0. The van der Waals surface area contributed by atoms with E-state index >= 15 is 0 Å². The number of methoxy groups -OCH3 is 1. The molecule has 1 aromatic heterocycles. The Morgan fingerprint density at radius 1 is 1.09 bits per heavy atom. The number of carbonyl (C=O) groups is 1. The Balaban J connectivity index is 1.62. The lowest BCUT2D eigenvalue weighted by molar-refractivity contribution is 0.0601. The highest BCUT2D eigenvalue weighted by Gasteiger charge is 2.29. The minimum atomic E-state index is -0.331. The molecule has 6 rings (SSSR count). The van der Waals surface area contributed by atoms with E-state index in [1.807, 2.05) is 36.6 Å². The van der Waals surface area contributed by atoms with Crippen LogP contribution in [0.3, 0.4) is 0 Å². The Morgan fingerprint density at radius 2 is 1.94 bits per heavy atom. The fourth-order valence-corrected chi connectivity index (χ4v) is 5.44. The van der Waals surface area contributed by atoms with Crippen LogP contribution in [0.5, 0.6) is 0 Å². The number of ether oxygens (including phenoxy) is 1. The lowest BCUT2D eigenvalue weighted by Gasteiger charge is -2.23. The van der Waals surface area contributed by atoms with Gasteiger partial charge in [0.1, 0.15) is 6.34 Å². The molecule has 6 nitrogen and oxygen atoms in total. The van der Waals surface area contributed by atoms with E-state index in [0.717, 1.165) is 22.8 Å². The molecule has 2 aliphatic heterocycles. The van der Waals surface area contributed by atoms with Crippen molar-refractivity contribution >= 4 is 35.1 Å². The molecule has 1 aliphatic carbocycles. The van der Waals surface area contributed by atoms with E-state index in [1.165, 1.54) is 55.7 Å². The predicted octanol–water partition coefficient (Wildman–Crippen LogP) is 5.61. The van der Waals surface area contributed by atoms with Gasteiger partial charge in [0.15, 0.2) is 5.82 Å². The number of carbonyl (C=O) groups excluding carboxylic acids is 1. The zero-order chi connectivity index (χ0) is 21.8. The number of rotatable bonds is 2. The van der Waals surface area contributed by atoms with Gasteiger partial charge in [0.25, 0.3) is 0 Å². The summed E-state index contributed by atoms with van der Waals surface area (Å²) in [7, 11) is 3.37. The van der Waals surface area contributed by atoms with E-state index in [0.29, 0.717) is 11.5 Å². The second-order valence-corrected chi connectivity index (χ2v) is 8.85. The molecule has 0 spiro atoms. The first kappa shape index (κ1) is 19.2. The Labute approximate surface area is 187 Å². The van der Waals surface area contributed by atoms with Crippen molar-refractivity contribution in [1.82, 2.24) is 9.58 Å². The van der Waals surface area contributed by atoms with Crippen LogP contribution in [0.4, 0.5) is 5.69 Å². The third-order valence-electron chi connectivity index (χ3n) is 7.08. The van der Waals surface area contributed by atoms with Crippen molar-refractivity contribution in [2.45, 2.75) is 38.0 Å². The monoisotopic (exact) mass is 426 g/mol. The Morgan fingerprint density at radius 3 is 2.75 bits per heavy atom. The van der Waals surface area contributed by atoms with Gasteiger partial charge in [-0.3, -0.25) is 4.90 Å². The summed E-state index contributed by atoms with van der Waals surface area (Å²) >= 11 is 0. The van der Waals surface area contributed by atoms with Crippen LogP contribution in [0.25, 0.3) is 28.4 Å². The quantitative estimate of drug-likeness (QED) is 0.500. The maximum atomic E-state index is 12.3. The average Bonchev–Trinajstić information content (AvgIpc) is 3.35. The Kier molecular flexibility index (Phi) is 4.35. The largest absolute Gasteiger partial charge is 0.465 e. The summed E-state index contributed by atoms with van der Waals surface area (Å²) in [6.45, 7) is 0. The Hall–Kier alpha value is -3.54. The van der Waals surface area contributed by atoms with Crippen molar-refractivity contribution in [2.24, 2.45) is 5.10 Å². The van der Waals surface area contributed by atoms with E-state index in [4.69, 9.17) is 4.74 Å². The summed E-state index contributed by atoms with van der Waals surface area (Å²) in [5.41, 5.74) is 6.24. The molecular formula is C26H26N4O2. The summed E-state index contributed by atoms with van der Waals surface area (Å²) in [4.78, 5) is 14.4. The van der Waals surface area contributed by atoms with Crippen molar-refractivity contribution in [3.05, 3.63) is 59.4 Å². The van der Waals surface area contributed by atoms with Crippen LogP contribution < -0.4 is 4.90 Å². The smallest absolute Gasteiger partial charge is 0.337 e. The molecule has 0 saturated heterocycles. The van der Waals surface area contributed by atoms with Gasteiger partial charge >= 0.3 is 5.97 Å². The first-order valence-electron chi connectivity index (χ1n) is 11.3. The number of anilines is 1. The van der Waals surface area contributed by atoms with Gasteiger partial charge < -0.3 is 9.30 Å². The highest BCUT2D eigenvalue weighted by atomic mass is 16.5. The van der Waals surface area contributed by atoms with Gasteiger partial charge in [-0.1, -0.05) is 31.4 Å². The maximum Gasteiger partial charge on any atom is 0.337 e. The van der Waals surface area contributed by atoms with Gasteiger partial charge in [-0.25, -0.2) is 9.80 Å². The lowest BCUT2D eigenvalue weighted by Crippen LogP contribution is -2.21. The van der Waals surface area contributed by atoms with Gasteiger partial charge in [-0.15, -0.1) is 0 Å². The minimum Gasteiger partial charge on any atom is -0.465 e. The second kappa shape index (κ2) is 7.26. The number of hydrogen-bond acceptors (Lipinski definition) is 5. The van der Waals surface area contributed by atoms with Gasteiger partial charge in [0.2, 0.25) is 0 Å². The Bertz CT molecular complexity index is 1300. The fourth-order valence-electron chi connectivity index (χ4n) is 5.44. The van der Waals surface area contributed by atoms with Gasteiger partial charge in [0.05, 0.1) is 35.8 Å². The number of fused-ring (bicyclic) bond motifs is 7. The van der Waals surface area contributed by atoms with Crippen LogP contribution in [-0.4, -0.2) is 36.0 Å². The molecule has 1 fully saturated rings. The minimum absolute atomic E-state index is 0.331. The highest BCUT2D eigenvalue weighted by molar-refractivity contribution is 6.02. The van der Waals surface area contributed by atoms with Crippen molar-refractivity contribution in [2.75, 3.05) is 19.1 Å². The first-order valence-corrected chi connectivity index (χ1v) is 11.3. The van der Waals surface area contributed by atoms with Crippen LogP contribution >= 0.6 is 0 Å². The fraction of sp³-hybridized carbons (Fsp3) is 0.308. The van der Waals surface area contributed by atoms with Crippen LogP contribution in [-0.2, 0) is 4.74 Å². The molecule has 0 unspecified atom stereocenters. The summed E-state index contributed by atoms with van der Waals surface area (Å²) in [6, 6.07) is 14.7. The molecule has 2 aromatic carbocycles. The van der Waals surface area contributed by atoms with Crippen molar-refractivity contribution in [3.63, 3.8) is 0 Å². The number of hydrazone groups is 1. The summed E-state index contributed by atoms with van der Waals surface area (Å²) in [5.74, 6) is 1.25. The number of benzene rings is 2. The molecule has 1 saturated carbocycles. The first-order chi connectivity index (χ1) is 15.7. The highest BCUT2D eigenvalue weighted by Crippen LogP contribution is 2.44. The molecular weight excluding hydrogens is 400 g/mol. The van der Waals surface area contributed by atoms with Gasteiger partial charge in [0, 0.05) is 18.0 Å². The van der Waals surface area contributed by atoms with E-state index in [9.17, 15) is 4.79 Å². The molecule has 32 heavy (non-hydrogen) atoms. The zero-order valence-electron chi connectivity index (χ0n) is 18.4. The molecule has 3 aromatic rings. The van der Waals surface area contributed by atoms with Crippen LogP contribution in [0.2, 0.25) is 0 Å². The molecule has 162 valence electrons. The van der Waals surface area contributed by atoms with E-state index in [-0.39, 0.29) is 5.97 Å². The summed E-state index contributed by atoms with van der Waals surface area (Å²) < 4.78 is 7.25. The van der Waals surface area contributed by atoms with Gasteiger partial charge in [-0.2, -0.15) is 5.10 Å². The third-order valence-corrected chi connectivity index (χ3v) is 7.08. The standard InChI is InChI=1S/C26H26N4O2/c1-28-25-15-29-22-10-6-9-19(17-7-4-3-5-8-17)20(22)14-24(29)21-13-18(26(31)32-2)11-12-23(21)30(25)16-27-28/h6,9-17H,3-5,7-8H2,1-2H3. The van der Waals surface area contributed by atoms with Crippen molar-refractivity contribution in [1.29, 1.82) is 0 Å². The lowest BCUT2D eigenvalue weighted by atomic mass is 9.83. The second-order valence-electron chi connectivity index (χ2n) is 8.85. The van der Waals surface area contributed by atoms with E-state index < -0.39 is 0 Å². The molecule has 0 N–H and O–H groups in total. The maximum absolute atomic E-state index is 12.3. The van der Waals surface area contributed by atoms with Crippen LogP contribution in [0, 0.1) is 0 Å². The zero-order valence-corrected chi connectivity index (χ0v) is 18.4. The number of nitrogens with zero attached hydrogens (tertiary/aromatic N) is 4. The topological polar surface area (TPSA) is 50.1 Å². The van der Waals surface area contributed by atoms with E-state index in [2.05, 4.69) is 45.0 Å². The molecule has 0 atom stereocenters. The van der Waals surface area contributed by atoms with Crippen molar-refractivity contribution in [3.8, 4) is 11.3 Å².